The number of nitrogens with zero attached hydrogens (tertiary/aromatic N) is 3. The molecule has 0 atom stereocenters. The zero-order valence-electron chi connectivity index (χ0n) is 39.3. The molecule has 25 heteroatoms. The average molecular weight is 998 g/mol. The highest BCUT2D eigenvalue weighted by atomic mass is 16.8. The maximum absolute atomic E-state index is 14.3. The molecule has 4 aromatic rings. The number of rotatable bonds is 23. The molecule has 0 unspecified atom stereocenters. The minimum Gasteiger partial charge on any atom is -0.480 e. The van der Waals surface area contributed by atoms with Crippen LogP contribution in [0.2, 0.25) is 0 Å². The predicted octanol–water partition coefficient (Wildman–Crippen LogP) is 6.17. The lowest BCUT2D eigenvalue weighted by molar-refractivity contribution is -0.137. The fourth-order valence-electron chi connectivity index (χ4n) is 6.77. The molecule has 0 spiro atoms. The van der Waals surface area contributed by atoms with Crippen molar-refractivity contribution in [3.05, 3.63) is 86.6 Å². The van der Waals surface area contributed by atoms with Crippen molar-refractivity contribution in [2.24, 2.45) is 0 Å². The number of amides is 2. The standard InChI is InChI=1S/C46H51N3O22/c1-61-42(56)66-31-20-16-19-30-35(31)69-41(55)49(40(30)54)26-13-9-8-11-24-47(38(52)28-17-14-21-32(67-43(57)62-2)36(28)70-45(59)64-4)23-10-6-7-12-25-48(27-34(50)51)39(53)29-18-15-22-33(68-44(58)63-3)37(29)71-46(60)65-5/h14-22H,6-13,23-27H2,1-5H3,(H,50,51). The molecule has 0 aliphatic carbocycles. The summed E-state index contributed by atoms with van der Waals surface area (Å²) in [6.07, 6.45) is -2.65. The Morgan fingerprint density at radius 3 is 1.37 bits per heavy atom. The monoisotopic (exact) mass is 997 g/mol. The number of benzene rings is 3. The van der Waals surface area contributed by atoms with Gasteiger partial charge in [-0.05, 0) is 62.1 Å². The van der Waals surface area contributed by atoms with E-state index in [2.05, 4.69) is 23.7 Å². The quantitative estimate of drug-likeness (QED) is 0.0376. The summed E-state index contributed by atoms with van der Waals surface area (Å²) in [5.41, 5.74) is -1.37. The van der Waals surface area contributed by atoms with E-state index in [0.717, 1.165) is 45.0 Å². The van der Waals surface area contributed by atoms with Crippen LogP contribution in [-0.4, -0.2) is 130 Å². The number of methoxy groups -OCH3 is 5. The highest BCUT2D eigenvalue weighted by Crippen LogP contribution is 2.35. The number of carboxylic acids is 1. The maximum Gasteiger partial charge on any atom is 0.513 e. The zero-order chi connectivity index (χ0) is 52.0. The fourth-order valence-corrected chi connectivity index (χ4v) is 6.77. The Kier molecular flexibility index (Phi) is 21.2. The lowest BCUT2D eigenvalue weighted by Gasteiger charge is -2.25. The molecule has 4 rings (SSSR count). The van der Waals surface area contributed by atoms with Crippen LogP contribution in [0.25, 0.3) is 11.0 Å². The van der Waals surface area contributed by atoms with Gasteiger partial charge in [0.2, 0.25) is 0 Å². The number of hydrogen-bond donors (Lipinski definition) is 1. The van der Waals surface area contributed by atoms with Crippen LogP contribution >= 0.6 is 0 Å². The van der Waals surface area contributed by atoms with Gasteiger partial charge < -0.3 is 66.7 Å². The van der Waals surface area contributed by atoms with Crippen molar-refractivity contribution < 1.29 is 95.2 Å². The van der Waals surface area contributed by atoms with E-state index in [1.54, 1.807) is 0 Å². The Balaban J connectivity index is 1.48. The second-order valence-electron chi connectivity index (χ2n) is 14.7. The Hall–Kier alpha value is -8.64. The van der Waals surface area contributed by atoms with Gasteiger partial charge in [0.1, 0.15) is 6.54 Å². The first-order chi connectivity index (χ1) is 34.1. The number of ether oxygens (including phenoxy) is 10. The number of aliphatic carboxylic acids is 1. The second kappa shape index (κ2) is 27.4. The van der Waals surface area contributed by atoms with Crippen LogP contribution < -0.4 is 35.0 Å². The average Bonchev–Trinajstić information content (AvgIpc) is 3.36. The van der Waals surface area contributed by atoms with Crippen LogP contribution in [-0.2, 0) is 35.0 Å². The van der Waals surface area contributed by atoms with E-state index >= 15 is 0 Å². The van der Waals surface area contributed by atoms with Crippen molar-refractivity contribution in [1.82, 2.24) is 14.4 Å². The number of fused-ring (bicyclic) bond motifs is 1. The minimum absolute atomic E-state index is 0.00103. The smallest absolute Gasteiger partial charge is 0.480 e. The number of aromatic nitrogens is 1. The van der Waals surface area contributed by atoms with Crippen molar-refractivity contribution in [2.45, 2.75) is 57.9 Å². The molecule has 71 heavy (non-hydrogen) atoms. The summed E-state index contributed by atoms with van der Waals surface area (Å²) in [5.74, 6) is -5.64. The van der Waals surface area contributed by atoms with Gasteiger partial charge in [0.25, 0.3) is 17.4 Å². The Bertz CT molecular complexity index is 2690. The van der Waals surface area contributed by atoms with Crippen LogP contribution in [0.5, 0.6) is 28.7 Å². The molecule has 1 N–H and O–H groups in total. The Morgan fingerprint density at radius 2 is 0.901 bits per heavy atom. The minimum atomic E-state index is -1.35. The number of unbranched alkanes of at least 4 members (excludes halogenated alkanes) is 6. The zero-order valence-corrected chi connectivity index (χ0v) is 39.3. The summed E-state index contributed by atoms with van der Waals surface area (Å²) < 4.78 is 54.5. The third-order valence-electron chi connectivity index (χ3n) is 10.1. The highest BCUT2D eigenvalue weighted by Gasteiger charge is 2.29. The molecule has 0 saturated carbocycles. The molecule has 25 nitrogen and oxygen atoms in total. The van der Waals surface area contributed by atoms with Crippen molar-refractivity contribution in [3.8, 4) is 28.7 Å². The van der Waals surface area contributed by atoms with E-state index in [1.165, 1.54) is 59.5 Å². The highest BCUT2D eigenvalue weighted by molar-refractivity contribution is 6.00. The topological polar surface area (TPSA) is 308 Å². The summed E-state index contributed by atoms with van der Waals surface area (Å²) >= 11 is 0. The molecule has 0 aliphatic rings. The van der Waals surface area contributed by atoms with Gasteiger partial charge in [-0.1, -0.05) is 43.9 Å². The van der Waals surface area contributed by atoms with E-state index < -0.39 is 77.9 Å². The van der Waals surface area contributed by atoms with Crippen LogP contribution in [0.3, 0.4) is 0 Å². The van der Waals surface area contributed by atoms with Gasteiger partial charge in [-0.25, -0.2) is 33.3 Å². The molecule has 2 amide bonds. The third kappa shape index (κ3) is 15.7. The molecular formula is C46H51N3O22. The molecule has 382 valence electrons. The molecule has 0 radical (unpaired) electrons. The summed E-state index contributed by atoms with van der Waals surface area (Å²) in [7, 11) is 5.22. The first kappa shape index (κ1) is 55.0. The van der Waals surface area contributed by atoms with Crippen molar-refractivity contribution in [3.63, 3.8) is 0 Å². The first-order valence-corrected chi connectivity index (χ1v) is 21.6. The normalized spacial score (nSPS) is 10.5. The van der Waals surface area contributed by atoms with E-state index in [0.29, 0.717) is 44.9 Å². The van der Waals surface area contributed by atoms with Crippen LogP contribution in [0, 0.1) is 0 Å². The molecule has 0 bridgehead atoms. The SMILES string of the molecule is COC(=O)Oc1cccc(C(=O)N(CCCCCCN(CC(=O)O)C(=O)c2cccc(OC(=O)OC)c2OC(=O)OC)CCCCCCn2c(=O)oc3c(OC(=O)OC)cccc3c2=O)c1OC(=O)OC. The molecule has 1 aromatic heterocycles. The van der Waals surface area contributed by atoms with Gasteiger partial charge in [0.05, 0.1) is 52.1 Å². The maximum atomic E-state index is 14.3. The lowest BCUT2D eigenvalue weighted by atomic mass is 10.1. The largest absolute Gasteiger partial charge is 0.513 e. The summed E-state index contributed by atoms with van der Waals surface area (Å²) in [5, 5.41) is 9.67. The molecule has 3 aromatic carbocycles. The molecule has 0 saturated heterocycles. The number of carbonyl (C=O) groups excluding carboxylic acids is 7. The molecule has 0 aliphatic heterocycles. The lowest BCUT2D eigenvalue weighted by Crippen LogP contribution is -2.37. The molecular weight excluding hydrogens is 947 g/mol. The van der Waals surface area contributed by atoms with Crippen LogP contribution in [0.4, 0.5) is 24.0 Å². The molecule has 1 heterocycles. The van der Waals surface area contributed by atoms with Crippen LogP contribution in [0.15, 0.2) is 68.6 Å². The number of carbonyl (C=O) groups is 8. The Morgan fingerprint density at radius 1 is 0.507 bits per heavy atom. The van der Waals surface area contributed by atoms with Gasteiger partial charge in [-0.2, -0.15) is 0 Å². The summed E-state index contributed by atoms with van der Waals surface area (Å²) in [4.78, 5) is 129. The van der Waals surface area contributed by atoms with E-state index in [1.807, 2.05) is 0 Å². The van der Waals surface area contributed by atoms with Crippen molar-refractivity contribution >= 4 is 59.5 Å². The summed E-state index contributed by atoms with van der Waals surface area (Å²) in [6, 6.07) is 12.0. The van der Waals surface area contributed by atoms with Gasteiger partial charge in [-0.3, -0.25) is 19.2 Å². The third-order valence-corrected chi connectivity index (χ3v) is 10.1. The van der Waals surface area contributed by atoms with Gasteiger partial charge in [0.15, 0.2) is 34.3 Å². The van der Waals surface area contributed by atoms with Crippen LogP contribution in [0.1, 0.15) is 72.1 Å². The van der Waals surface area contributed by atoms with E-state index in [9.17, 15) is 53.1 Å². The fraction of sp³-hybridized carbons (Fsp3) is 0.391. The first-order valence-electron chi connectivity index (χ1n) is 21.6. The van der Waals surface area contributed by atoms with Gasteiger partial charge >= 0.3 is 42.5 Å². The second-order valence-corrected chi connectivity index (χ2v) is 14.7. The van der Waals surface area contributed by atoms with Gasteiger partial charge in [0, 0.05) is 26.2 Å². The van der Waals surface area contributed by atoms with E-state index in [4.69, 9.17) is 28.1 Å². The number of para-hydroxylation sites is 3. The number of carboxylic acid groups (broad SMARTS) is 1. The van der Waals surface area contributed by atoms with E-state index in [-0.39, 0.29) is 71.9 Å². The van der Waals surface area contributed by atoms with Gasteiger partial charge in [-0.15, -0.1) is 0 Å². The summed E-state index contributed by atoms with van der Waals surface area (Å²) in [6.45, 7) is -0.581. The number of hydrogen-bond acceptors (Lipinski definition) is 21. The molecule has 0 fully saturated rings. The van der Waals surface area contributed by atoms with Crippen molar-refractivity contribution in [2.75, 3.05) is 61.7 Å². The van der Waals surface area contributed by atoms with Crippen molar-refractivity contribution in [1.29, 1.82) is 0 Å². The predicted molar refractivity (Wildman–Crippen MR) is 241 cm³/mol. The Labute approximate surface area is 403 Å².